The molecule has 21 heavy (non-hydrogen) atoms. The number of methoxy groups -OCH3 is 1. The van der Waals surface area contributed by atoms with Gasteiger partial charge in [-0.05, 0) is 24.6 Å². The Bertz CT molecular complexity index is 729. The van der Waals surface area contributed by atoms with E-state index >= 15 is 0 Å². The molecule has 0 atom stereocenters. The van der Waals surface area contributed by atoms with Crippen LogP contribution in [0.25, 0.3) is 11.3 Å². The molecule has 1 aromatic carbocycles. The molecule has 0 aliphatic carbocycles. The molecule has 2 rings (SSSR count). The van der Waals surface area contributed by atoms with Gasteiger partial charge in [0.2, 0.25) is 0 Å². The summed E-state index contributed by atoms with van der Waals surface area (Å²) in [5.41, 5.74) is 1.09. The Labute approximate surface area is 123 Å². The topological polar surface area (TPSA) is 67.9 Å². The van der Waals surface area contributed by atoms with E-state index in [4.69, 9.17) is 10.00 Å². The van der Waals surface area contributed by atoms with Crippen LogP contribution in [0.15, 0.2) is 35.1 Å². The molecule has 0 aliphatic rings. The van der Waals surface area contributed by atoms with Crippen molar-refractivity contribution in [1.82, 2.24) is 9.78 Å². The van der Waals surface area contributed by atoms with E-state index in [-0.39, 0.29) is 11.1 Å². The summed E-state index contributed by atoms with van der Waals surface area (Å²) in [6.45, 7) is 2.55. The van der Waals surface area contributed by atoms with Crippen molar-refractivity contribution in [3.8, 4) is 23.1 Å². The lowest BCUT2D eigenvalue weighted by Gasteiger charge is -2.10. The third-order valence-electron chi connectivity index (χ3n) is 3.20. The van der Waals surface area contributed by atoms with Crippen LogP contribution in [0.3, 0.4) is 0 Å². The average molecular weight is 283 g/mol. The van der Waals surface area contributed by atoms with Crippen molar-refractivity contribution in [3.63, 3.8) is 0 Å². The molecule has 108 valence electrons. The fourth-order valence-corrected chi connectivity index (χ4v) is 2.07. The number of benzene rings is 1. The molecule has 0 bridgehead atoms. The summed E-state index contributed by atoms with van der Waals surface area (Å²) in [6, 6.07) is 10.9. The first kappa shape index (κ1) is 14.8. The molecule has 0 radical (unpaired) electrons. The minimum atomic E-state index is -0.343. The fraction of sp³-hybridized carbons (Fsp3) is 0.312. The van der Waals surface area contributed by atoms with Crippen LogP contribution in [0.1, 0.15) is 25.3 Å². The molecule has 0 amide bonds. The second-order valence-corrected chi connectivity index (χ2v) is 4.64. The zero-order chi connectivity index (χ0) is 15.2. The number of aromatic nitrogens is 2. The van der Waals surface area contributed by atoms with Gasteiger partial charge in [-0.1, -0.05) is 25.5 Å². The van der Waals surface area contributed by atoms with E-state index in [2.05, 4.69) is 5.10 Å². The minimum absolute atomic E-state index is 0.0991. The number of hydrogen-bond acceptors (Lipinski definition) is 4. The first-order valence-corrected chi connectivity index (χ1v) is 6.87. The predicted molar refractivity (Wildman–Crippen MR) is 80.1 cm³/mol. The van der Waals surface area contributed by atoms with Crippen LogP contribution in [0.4, 0.5) is 0 Å². The summed E-state index contributed by atoms with van der Waals surface area (Å²) in [5.74, 6) is 0.662. The highest BCUT2D eigenvalue weighted by atomic mass is 16.5. The Hall–Kier alpha value is -2.61. The van der Waals surface area contributed by atoms with E-state index in [1.807, 2.05) is 37.3 Å². The molecule has 5 heteroatoms. The van der Waals surface area contributed by atoms with E-state index < -0.39 is 0 Å². The van der Waals surface area contributed by atoms with E-state index in [1.165, 1.54) is 10.7 Å². The number of hydrogen-bond donors (Lipinski definition) is 0. The highest BCUT2D eigenvalue weighted by Crippen LogP contribution is 2.27. The molecule has 0 aliphatic heterocycles. The molecule has 1 aromatic heterocycles. The molecule has 0 saturated carbocycles. The van der Waals surface area contributed by atoms with Crippen LogP contribution >= 0.6 is 0 Å². The second-order valence-electron chi connectivity index (χ2n) is 4.64. The fourth-order valence-electron chi connectivity index (χ4n) is 2.07. The Kier molecular flexibility index (Phi) is 4.72. The number of rotatable bonds is 5. The van der Waals surface area contributed by atoms with Crippen molar-refractivity contribution < 1.29 is 4.74 Å². The third kappa shape index (κ3) is 3.11. The zero-order valence-electron chi connectivity index (χ0n) is 12.2. The number of unbranched alkanes of at least 4 members (excludes halogenated alkanes) is 1. The van der Waals surface area contributed by atoms with Gasteiger partial charge in [-0.2, -0.15) is 10.4 Å². The van der Waals surface area contributed by atoms with Crippen LogP contribution in [0.2, 0.25) is 0 Å². The van der Waals surface area contributed by atoms with Gasteiger partial charge in [0.05, 0.1) is 12.8 Å². The molecule has 0 N–H and O–H groups in total. The monoisotopic (exact) mass is 283 g/mol. The maximum absolute atomic E-state index is 12.1. The molecule has 0 fully saturated rings. The maximum Gasteiger partial charge on any atom is 0.284 e. The molecule has 5 nitrogen and oxygen atoms in total. The van der Waals surface area contributed by atoms with Gasteiger partial charge in [0.25, 0.3) is 5.56 Å². The lowest BCUT2D eigenvalue weighted by atomic mass is 10.1. The van der Waals surface area contributed by atoms with Crippen molar-refractivity contribution in [2.75, 3.05) is 7.11 Å². The van der Waals surface area contributed by atoms with E-state index in [0.717, 1.165) is 18.4 Å². The van der Waals surface area contributed by atoms with E-state index in [0.29, 0.717) is 18.0 Å². The summed E-state index contributed by atoms with van der Waals surface area (Å²) in [6.07, 6.45) is 1.79. The normalized spacial score (nSPS) is 10.1. The molecule has 1 heterocycles. The van der Waals surface area contributed by atoms with Gasteiger partial charge >= 0.3 is 0 Å². The molecular formula is C16H17N3O2. The first-order chi connectivity index (χ1) is 10.2. The van der Waals surface area contributed by atoms with Crippen molar-refractivity contribution in [2.24, 2.45) is 0 Å². The Balaban J connectivity index is 2.59. The zero-order valence-corrected chi connectivity index (χ0v) is 12.2. The van der Waals surface area contributed by atoms with E-state index in [9.17, 15) is 4.79 Å². The van der Waals surface area contributed by atoms with Gasteiger partial charge in [-0.15, -0.1) is 0 Å². The molecule has 0 unspecified atom stereocenters. The molecule has 2 aromatic rings. The summed E-state index contributed by atoms with van der Waals surface area (Å²) < 4.78 is 6.68. The van der Waals surface area contributed by atoms with Gasteiger partial charge in [0.15, 0.2) is 0 Å². The SMILES string of the molecule is CCCCn1nc(-c2ccccc2OC)cc(C#N)c1=O. The first-order valence-electron chi connectivity index (χ1n) is 6.87. The van der Waals surface area contributed by atoms with E-state index in [1.54, 1.807) is 7.11 Å². The van der Waals surface area contributed by atoms with Gasteiger partial charge in [-0.3, -0.25) is 4.79 Å². The largest absolute Gasteiger partial charge is 0.496 e. The van der Waals surface area contributed by atoms with Crippen molar-refractivity contribution in [3.05, 3.63) is 46.2 Å². The van der Waals surface area contributed by atoms with Gasteiger partial charge in [-0.25, -0.2) is 4.68 Å². The van der Waals surface area contributed by atoms with Crippen LogP contribution in [-0.4, -0.2) is 16.9 Å². The predicted octanol–water partition coefficient (Wildman–Crippen LogP) is 2.59. The molecular weight excluding hydrogens is 266 g/mol. The highest BCUT2D eigenvalue weighted by Gasteiger charge is 2.12. The van der Waals surface area contributed by atoms with Crippen LogP contribution in [-0.2, 0) is 6.54 Å². The quantitative estimate of drug-likeness (QED) is 0.845. The smallest absolute Gasteiger partial charge is 0.284 e. The number of para-hydroxylation sites is 1. The van der Waals surface area contributed by atoms with Crippen LogP contribution in [0, 0.1) is 11.3 Å². The van der Waals surface area contributed by atoms with Crippen molar-refractivity contribution in [1.29, 1.82) is 5.26 Å². The lowest BCUT2D eigenvalue weighted by molar-refractivity contribution is 0.416. The summed E-state index contributed by atoms with van der Waals surface area (Å²) >= 11 is 0. The standard InChI is InChI=1S/C16H17N3O2/c1-3-4-9-19-16(20)12(11-17)10-14(18-19)13-7-5-6-8-15(13)21-2/h5-8,10H,3-4,9H2,1-2H3. The second kappa shape index (κ2) is 6.71. The minimum Gasteiger partial charge on any atom is -0.496 e. The third-order valence-corrected chi connectivity index (χ3v) is 3.20. The average Bonchev–Trinajstić information content (AvgIpc) is 2.53. The highest BCUT2D eigenvalue weighted by molar-refractivity contribution is 5.67. The number of ether oxygens (including phenoxy) is 1. The van der Waals surface area contributed by atoms with Gasteiger partial charge < -0.3 is 4.74 Å². The lowest BCUT2D eigenvalue weighted by Crippen LogP contribution is -2.25. The Morgan fingerprint density at radius 1 is 1.38 bits per heavy atom. The number of nitriles is 1. The molecule has 0 spiro atoms. The Morgan fingerprint density at radius 3 is 2.81 bits per heavy atom. The van der Waals surface area contributed by atoms with Crippen LogP contribution in [0.5, 0.6) is 5.75 Å². The van der Waals surface area contributed by atoms with Crippen LogP contribution < -0.4 is 10.3 Å². The van der Waals surface area contributed by atoms with Gasteiger partial charge in [0.1, 0.15) is 17.4 Å². The summed E-state index contributed by atoms with van der Waals surface area (Å²) in [4.78, 5) is 12.1. The summed E-state index contributed by atoms with van der Waals surface area (Å²) in [5, 5.41) is 13.5. The molecule has 0 saturated heterocycles. The summed E-state index contributed by atoms with van der Waals surface area (Å²) in [7, 11) is 1.58. The van der Waals surface area contributed by atoms with Gasteiger partial charge in [0, 0.05) is 12.1 Å². The maximum atomic E-state index is 12.1. The Morgan fingerprint density at radius 2 is 2.14 bits per heavy atom. The number of nitrogens with zero attached hydrogens (tertiary/aromatic N) is 3. The number of aryl methyl sites for hydroxylation is 1. The van der Waals surface area contributed by atoms with Crippen molar-refractivity contribution in [2.45, 2.75) is 26.3 Å². The van der Waals surface area contributed by atoms with Crippen molar-refractivity contribution >= 4 is 0 Å².